The van der Waals surface area contributed by atoms with Crippen LogP contribution >= 0.6 is 10.1 Å². The molecule has 0 radical (unpaired) electrons. The average Bonchev–Trinajstić information content (AvgIpc) is 1.41. The second kappa shape index (κ2) is 8.93. The Morgan fingerprint density at radius 2 is 1.83 bits per heavy atom. The molecule has 0 aliphatic carbocycles. The van der Waals surface area contributed by atoms with Crippen LogP contribution in [0.5, 0.6) is 0 Å². The van der Waals surface area contributed by atoms with Crippen molar-refractivity contribution < 1.29 is 26.5 Å². The van der Waals surface area contributed by atoms with Crippen LogP contribution < -0.4 is 5.73 Å². The van der Waals surface area contributed by atoms with E-state index in [9.17, 15) is 0 Å². The van der Waals surface area contributed by atoms with Gasteiger partial charge in [0.25, 0.3) is 0 Å². The Kier molecular flexibility index (Phi) is 14.1. The zero-order valence-electron chi connectivity index (χ0n) is 3.05. The fraction of sp³-hybridized carbons (Fsp3) is 0. The summed E-state index contributed by atoms with van der Waals surface area (Å²) in [7, 11) is 4.21. The third-order valence-electron chi connectivity index (χ3n) is 0. The van der Waals surface area contributed by atoms with Gasteiger partial charge in [-0.05, 0) is 0 Å². The van der Waals surface area contributed by atoms with Crippen molar-refractivity contribution >= 4 is 16.2 Å². The molecular formula is CH3NO2SZn. The van der Waals surface area contributed by atoms with Crippen LogP contribution in [0.25, 0.3) is 0 Å². The van der Waals surface area contributed by atoms with Crippen LogP contribution in [0.1, 0.15) is 0 Å². The molecule has 0 unspecified atom stereocenters. The van der Waals surface area contributed by atoms with Gasteiger partial charge in [0, 0.05) is 0 Å². The Bertz CT molecular complexity index is 44.8. The van der Waals surface area contributed by atoms with Gasteiger partial charge < -0.3 is 10.8 Å². The Morgan fingerprint density at radius 1 is 1.83 bits per heavy atom. The second-order valence-corrected chi connectivity index (χ2v) is 0.338. The number of rotatable bonds is 0. The van der Waals surface area contributed by atoms with Crippen LogP contribution in [0, 0.1) is 0 Å². The quantitative estimate of drug-likeness (QED) is 0.498. The van der Waals surface area contributed by atoms with Crippen molar-refractivity contribution in [2.24, 2.45) is 5.73 Å². The van der Waals surface area contributed by atoms with E-state index in [1.54, 1.807) is 0 Å². The summed E-state index contributed by atoms with van der Waals surface area (Å²) >= 11 is 0.958. The van der Waals surface area contributed by atoms with Gasteiger partial charge in [-0.1, -0.05) is 0 Å². The number of amides is 1. The molecule has 3 N–H and O–H groups in total. The summed E-state index contributed by atoms with van der Waals surface area (Å²) in [5.41, 5.74) is 4.03. The molecule has 6 heavy (non-hydrogen) atoms. The van der Waals surface area contributed by atoms with Gasteiger partial charge in [-0.3, -0.25) is 0 Å². The predicted molar refractivity (Wildman–Crippen MR) is 19.8 cm³/mol. The summed E-state index contributed by atoms with van der Waals surface area (Å²) in [4.78, 5) is 8.78. The Morgan fingerprint density at radius 3 is 1.83 bits per heavy atom. The molecule has 0 aromatic carbocycles. The maximum absolute atomic E-state index is 8.78. The van der Waals surface area contributed by atoms with Crippen molar-refractivity contribution in [2.75, 3.05) is 0 Å². The van der Waals surface area contributed by atoms with Crippen molar-refractivity contribution in [2.45, 2.75) is 0 Å². The van der Waals surface area contributed by atoms with E-state index < -0.39 is 6.09 Å². The Hall–Kier alpha value is 0.113. The van der Waals surface area contributed by atoms with Gasteiger partial charge in [-0.15, -0.1) is 0 Å². The van der Waals surface area contributed by atoms with Crippen molar-refractivity contribution in [3.8, 4) is 0 Å². The molecule has 0 fully saturated rings. The molecular weight excluding hydrogens is 155 g/mol. The Balaban J connectivity index is 0. The first kappa shape index (κ1) is 9.45. The summed E-state index contributed by atoms with van der Waals surface area (Å²) in [6, 6.07) is 0. The van der Waals surface area contributed by atoms with E-state index in [-0.39, 0.29) is 0 Å². The topological polar surface area (TPSA) is 63.3 Å². The standard InChI is InChI=1S/CH3NO2.S.Zn/c2-1(3)4;;/h2H2,(H,3,4);;. The van der Waals surface area contributed by atoms with Gasteiger partial charge in [0.2, 0.25) is 0 Å². The molecule has 3 nitrogen and oxygen atoms in total. The average molecular weight is 158 g/mol. The van der Waals surface area contributed by atoms with Gasteiger partial charge >= 0.3 is 32.8 Å². The minimum atomic E-state index is -1.33. The van der Waals surface area contributed by atoms with E-state index in [0.29, 0.717) is 0 Å². The molecule has 0 saturated carbocycles. The molecule has 5 heteroatoms. The zero-order chi connectivity index (χ0) is 5.58. The number of primary amides is 1. The molecule has 0 saturated heterocycles. The summed E-state index contributed by atoms with van der Waals surface area (Å²) < 4.78 is 0. The molecule has 0 aliphatic heterocycles. The SMILES string of the molecule is NC(=O)O.[S]=[Zn]. The molecule has 0 aromatic rings. The van der Waals surface area contributed by atoms with Crippen molar-refractivity contribution in [1.29, 1.82) is 0 Å². The molecule has 32 valence electrons. The number of nitrogens with two attached hydrogens (primary N) is 1. The monoisotopic (exact) mass is 157 g/mol. The van der Waals surface area contributed by atoms with Crippen LogP contribution in [-0.4, -0.2) is 11.2 Å². The molecule has 0 heterocycles. The van der Waals surface area contributed by atoms with E-state index >= 15 is 0 Å². The van der Waals surface area contributed by atoms with Crippen molar-refractivity contribution in [3.05, 3.63) is 0 Å². The van der Waals surface area contributed by atoms with Gasteiger partial charge in [-0.25, -0.2) is 4.79 Å². The van der Waals surface area contributed by atoms with Gasteiger partial charge in [-0.2, -0.15) is 0 Å². The molecule has 0 atom stereocenters. The molecule has 0 aliphatic rings. The third-order valence-corrected chi connectivity index (χ3v) is 0. The summed E-state index contributed by atoms with van der Waals surface area (Å²) in [5, 5.41) is 7.19. The van der Waals surface area contributed by atoms with E-state index in [2.05, 4.69) is 15.8 Å². The van der Waals surface area contributed by atoms with Crippen LogP contribution in [0.3, 0.4) is 0 Å². The number of hydrogen-bond donors (Lipinski definition) is 2. The van der Waals surface area contributed by atoms with E-state index in [1.807, 2.05) is 0 Å². The maximum atomic E-state index is 8.78. The molecule has 0 aromatic heterocycles. The third kappa shape index (κ3) is 3100. The van der Waals surface area contributed by atoms with Crippen LogP contribution in [0.2, 0.25) is 0 Å². The summed E-state index contributed by atoms with van der Waals surface area (Å²) in [6.45, 7) is 0. The van der Waals surface area contributed by atoms with Crippen LogP contribution in [-0.2, 0) is 16.6 Å². The van der Waals surface area contributed by atoms with E-state index in [4.69, 9.17) is 9.90 Å². The number of carboxylic acid groups (broad SMARTS) is 1. The first-order valence-corrected chi connectivity index (χ1v) is 5.22. The van der Waals surface area contributed by atoms with Crippen molar-refractivity contribution in [1.82, 2.24) is 0 Å². The normalized spacial score (nSPS) is 5.00. The fourth-order valence-electron chi connectivity index (χ4n) is 0. The zero-order valence-corrected chi connectivity index (χ0v) is 6.83. The van der Waals surface area contributed by atoms with E-state index in [1.165, 1.54) is 0 Å². The van der Waals surface area contributed by atoms with Crippen LogP contribution in [0.15, 0.2) is 0 Å². The summed E-state index contributed by atoms with van der Waals surface area (Å²) in [5.74, 6) is 0. The van der Waals surface area contributed by atoms with Gasteiger partial charge in [0.05, 0.1) is 0 Å². The molecule has 0 spiro atoms. The first-order chi connectivity index (χ1) is 2.73. The van der Waals surface area contributed by atoms with E-state index in [0.717, 1.165) is 16.6 Å². The predicted octanol–water partition coefficient (Wildman–Crippen LogP) is 0.269. The minimum absolute atomic E-state index is 0.958. The first-order valence-electron chi connectivity index (χ1n) is 1.01. The van der Waals surface area contributed by atoms with Crippen LogP contribution in [0.4, 0.5) is 4.79 Å². The van der Waals surface area contributed by atoms with Gasteiger partial charge in [0.15, 0.2) is 0 Å². The number of hydrogen-bond acceptors (Lipinski definition) is 2. The molecule has 0 bridgehead atoms. The summed E-state index contributed by atoms with van der Waals surface area (Å²) in [6.07, 6.45) is -1.33. The fourth-order valence-corrected chi connectivity index (χ4v) is 0. The Labute approximate surface area is 48.8 Å². The van der Waals surface area contributed by atoms with Crippen molar-refractivity contribution in [3.63, 3.8) is 0 Å². The van der Waals surface area contributed by atoms with Gasteiger partial charge in [0.1, 0.15) is 0 Å². The molecule has 0 rings (SSSR count). The molecule has 1 amide bonds. The number of carbonyl (C=O) groups is 1. The second-order valence-electron chi connectivity index (χ2n) is 0.338.